The lowest BCUT2D eigenvalue weighted by Crippen LogP contribution is -2.30. The molecular weight excluding hydrogens is 426 g/mol. The zero-order valence-electron chi connectivity index (χ0n) is 18.6. The van der Waals surface area contributed by atoms with Gasteiger partial charge < -0.3 is 0 Å². The van der Waals surface area contributed by atoms with Crippen LogP contribution in [0.4, 0.5) is 5.95 Å². The Kier molecular flexibility index (Phi) is 9.27. The first-order chi connectivity index (χ1) is 15.6. The first kappa shape index (κ1) is 24.0. The number of fused-ring (bicyclic) bond motifs is 1. The Labute approximate surface area is 192 Å². The number of carbonyl (C=O) groups is 3. The van der Waals surface area contributed by atoms with E-state index in [4.69, 9.17) is 0 Å². The van der Waals surface area contributed by atoms with E-state index in [0.29, 0.717) is 35.2 Å². The summed E-state index contributed by atoms with van der Waals surface area (Å²) in [6.07, 6.45) is 8.66. The van der Waals surface area contributed by atoms with Crippen LogP contribution in [-0.2, 0) is 4.79 Å². The zero-order valence-corrected chi connectivity index (χ0v) is 19.4. The van der Waals surface area contributed by atoms with Crippen LogP contribution in [0, 0.1) is 0 Å². The van der Waals surface area contributed by atoms with E-state index in [-0.39, 0.29) is 17.7 Å². The van der Waals surface area contributed by atoms with Crippen molar-refractivity contribution in [3.05, 3.63) is 35.4 Å². The number of hydrogen-bond donors (Lipinski definition) is 2. The molecular formula is C23H31N5O3S. The summed E-state index contributed by atoms with van der Waals surface area (Å²) in [6.45, 7) is 2.52. The third kappa shape index (κ3) is 6.66. The van der Waals surface area contributed by atoms with Gasteiger partial charge in [0.2, 0.25) is 17.0 Å². The number of nitrogens with one attached hydrogen (secondary N) is 2. The van der Waals surface area contributed by atoms with Gasteiger partial charge in [-0.05, 0) is 30.7 Å². The monoisotopic (exact) mass is 457 g/mol. The van der Waals surface area contributed by atoms with Crippen molar-refractivity contribution in [2.45, 2.75) is 69.9 Å². The number of imide groups is 1. The molecule has 0 bridgehead atoms. The average molecular weight is 458 g/mol. The summed E-state index contributed by atoms with van der Waals surface area (Å²) in [5, 5.41) is 10.1. The van der Waals surface area contributed by atoms with Gasteiger partial charge in [0.15, 0.2) is 0 Å². The number of rotatable bonds is 14. The van der Waals surface area contributed by atoms with Crippen molar-refractivity contribution >= 4 is 35.4 Å². The maximum atomic E-state index is 12.3. The highest BCUT2D eigenvalue weighted by molar-refractivity contribution is 7.99. The van der Waals surface area contributed by atoms with Crippen LogP contribution in [0.3, 0.4) is 0 Å². The number of nitrogens with zero attached hydrogens (tertiary/aromatic N) is 3. The lowest BCUT2D eigenvalue weighted by molar-refractivity contribution is -0.116. The van der Waals surface area contributed by atoms with Gasteiger partial charge in [-0.3, -0.25) is 24.6 Å². The molecule has 0 aliphatic carbocycles. The standard InChI is InChI=1S/C23H31N5O3S/c1-2-32-23-25-22(26-27-23)24-19(29)15-9-7-5-3-4-6-8-12-16-28-20(30)17-13-10-11-14-18(17)21(28)31/h10-11,13-14H,2-9,12,15-16H2,1H3,(H2,24,25,26,27,29). The third-order valence-corrected chi connectivity index (χ3v) is 6.14. The van der Waals surface area contributed by atoms with Crippen LogP contribution >= 0.6 is 11.8 Å². The molecule has 8 nitrogen and oxygen atoms in total. The molecule has 0 spiro atoms. The smallest absolute Gasteiger partial charge is 0.261 e. The number of aromatic amines is 1. The number of aromatic nitrogens is 3. The number of benzene rings is 1. The highest BCUT2D eigenvalue weighted by Gasteiger charge is 2.34. The summed E-state index contributed by atoms with van der Waals surface area (Å²) in [4.78, 5) is 42.2. The van der Waals surface area contributed by atoms with E-state index in [2.05, 4.69) is 20.5 Å². The van der Waals surface area contributed by atoms with E-state index in [1.807, 2.05) is 6.92 Å². The molecule has 0 saturated heterocycles. The molecule has 32 heavy (non-hydrogen) atoms. The fraction of sp³-hybridized carbons (Fsp3) is 0.522. The average Bonchev–Trinajstić information content (AvgIpc) is 3.32. The SMILES string of the molecule is CCSc1n[nH]c(NC(=O)CCCCCCCCCCN2C(=O)c3ccccc3C2=O)n1. The Balaban J connectivity index is 1.17. The molecule has 1 aromatic carbocycles. The van der Waals surface area contributed by atoms with Crippen LogP contribution in [0.25, 0.3) is 0 Å². The van der Waals surface area contributed by atoms with Crippen LogP contribution in [0.5, 0.6) is 0 Å². The van der Waals surface area contributed by atoms with Crippen molar-refractivity contribution in [1.29, 1.82) is 0 Å². The summed E-state index contributed by atoms with van der Waals surface area (Å²) in [7, 11) is 0. The third-order valence-electron chi connectivity index (χ3n) is 5.41. The van der Waals surface area contributed by atoms with Crippen LogP contribution in [-0.4, -0.2) is 50.1 Å². The number of hydrogen-bond acceptors (Lipinski definition) is 6. The molecule has 0 unspecified atom stereocenters. The molecule has 3 amide bonds. The molecule has 2 heterocycles. The van der Waals surface area contributed by atoms with Crippen LogP contribution in [0.1, 0.15) is 85.4 Å². The molecule has 1 aliphatic rings. The van der Waals surface area contributed by atoms with E-state index in [0.717, 1.165) is 57.1 Å². The van der Waals surface area contributed by atoms with Gasteiger partial charge in [-0.25, -0.2) is 5.10 Å². The molecule has 172 valence electrons. The Hall–Kier alpha value is -2.68. The Bertz CT molecular complexity index is 895. The molecule has 1 aromatic heterocycles. The summed E-state index contributed by atoms with van der Waals surface area (Å²) in [5.41, 5.74) is 1.04. The highest BCUT2D eigenvalue weighted by Crippen LogP contribution is 2.23. The van der Waals surface area contributed by atoms with Gasteiger partial charge in [-0.15, -0.1) is 5.10 Å². The second-order valence-electron chi connectivity index (χ2n) is 7.83. The van der Waals surface area contributed by atoms with Gasteiger partial charge in [0.25, 0.3) is 11.8 Å². The van der Waals surface area contributed by atoms with Gasteiger partial charge in [0.05, 0.1) is 11.1 Å². The van der Waals surface area contributed by atoms with Crippen molar-refractivity contribution in [1.82, 2.24) is 20.1 Å². The maximum absolute atomic E-state index is 12.3. The summed E-state index contributed by atoms with van der Waals surface area (Å²) < 4.78 is 0. The van der Waals surface area contributed by atoms with Gasteiger partial charge in [0.1, 0.15) is 0 Å². The molecule has 2 N–H and O–H groups in total. The molecule has 0 atom stereocenters. The highest BCUT2D eigenvalue weighted by atomic mass is 32.2. The van der Waals surface area contributed by atoms with E-state index < -0.39 is 0 Å². The summed E-state index contributed by atoms with van der Waals surface area (Å²) >= 11 is 1.52. The molecule has 0 radical (unpaired) electrons. The molecule has 9 heteroatoms. The molecule has 3 rings (SSSR count). The van der Waals surface area contributed by atoms with Crippen LogP contribution in [0.2, 0.25) is 0 Å². The molecule has 1 aliphatic heterocycles. The van der Waals surface area contributed by atoms with Crippen molar-refractivity contribution in [3.8, 4) is 0 Å². The molecule has 0 fully saturated rings. The van der Waals surface area contributed by atoms with Crippen molar-refractivity contribution in [3.63, 3.8) is 0 Å². The second kappa shape index (κ2) is 12.4. The quantitative estimate of drug-likeness (QED) is 0.243. The fourth-order valence-corrected chi connectivity index (χ4v) is 4.27. The van der Waals surface area contributed by atoms with Crippen LogP contribution in [0.15, 0.2) is 29.4 Å². The number of H-pyrrole nitrogens is 1. The van der Waals surface area contributed by atoms with Gasteiger partial charge in [0, 0.05) is 13.0 Å². The largest absolute Gasteiger partial charge is 0.295 e. The zero-order chi connectivity index (χ0) is 22.8. The number of thioether (sulfide) groups is 1. The second-order valence-corrected chi connectivity index (χ2v) is 9.06. The topological polar surface area (TPSA) is 108 Å². The van der Waals surface area contributed by atoms with Crippen LogP contribution < -0.4 is 5.32 Å². The van der Waals surface area contributed by atoms with Crippen molar-refractivity contribution < 1.29 is 14.4 Å². The lowest BCUT2D eigenvalue weighted by Gasteiger charge is -2.13. The van der Waals surface area contributed by atoms with Gasteiger partial charge >= 0.3 is 0 Å². The fourth-order valence-electron chi connectivity index (χ4n) is 3.75. The normalized spacial score (nSPS) is 13.0. The first-order valence-corrected chi connectivity index (χ1v) is 12.4. The Morgan fingerprint density at radius 2 is 1.56 bits per heavy atom. The maximum Gasteiger partial charge on any atom is 0.261 e. The van der Waals surface area contributed by atoms with E-state index in [1.54, 1.807) is 24.3 Å². The lowest BCUT2D eigenvalue weighted by atomic mass is 10.1. The van der Waals surface area contributed by atoms with Crippen molar-refractivity contribution in [2.24, 2.45) is 0 Å². The van der Waals surface area contributed by atoms with E-state index in [9.17, 15) is 14.4 Å². The predicted octanol–water partition coefficient (Wildman–Crippen LogP) is 4.66. The number of unbranched alkanes of at least 4 members (excludes halogenated alkanes) is 7. The van der Waals surface area contributed by atoms with E-state index >= 15 is 0 Å². The summed E-state index contributed by atoms with van der Waals surface area (Å²) in [5.74, 6) is 0.920. The van der Waals surface area contributed by atoms with Crippen molar-refractivity contribution in [2.75, 3.05) is 17.6 Å². The van der Waals surface area contributed by atoms with Gasteiger partial charge in [-0.2, -0.15) is 4.98 Å². The Morgan fingerprint density at radius 1 is 0.969 bits per heavy atom. The molecule has 2 aromatic rings. The van der Waals surface area contributed by atoms with E-state index in [1.165, 1.54) is 16.7 Å². The Morgan fingerprint density at radius 3 is 2.19 bits per heavy atom. The number of amides is 3. The molecule has 0 saturated carbocycles. The first-order valence-electron chi connectivity index (χ1n) is 11.4. The van der Waals surface area contributed by atoms with Gasteiger partial charge in [-0.1, -0.05) is 69.3 Å². The number of carbonyl (C=O) groups excluding carboxylic acids is 3. The minimum absolute atomic E-state index is 0.0395. The predicted molar refractivity (Wildman–Crippen MR) is 125 cm³/mol. The number of anilines is 1. The summed E-state index contributed by atoms with van der Waals surface area (Å²) in [6, 6.07) is 7.02. The minimum atomic E-state index is -0.168. The minimum Gasteiger partial charge on any atom is -0.295 e.